The summed E-state index contributed by atoms with van der Waals surface area (Å²) in [5, 5.41) is 10.6. The van der Waals surface area contributed by atoms with E-state index in [0.29, 0.717) is 12.3 Å². The van der Waals surface area contributed by atoms with E-state index in [4.69, 9.17) is 0 Å². The maximum absolute atomic E-state index is 12.6. The molecular weight excluding hydrogens is 257 g/mol. The highest BCUT2D eigenvalue weighted by Gasteiger charge is 2.41. The van der Waals surface area contributed by atoms with Gasteiger partial charge in [0, 0.05) is 12.3 Å². The first-order valence-corrected chi connectivity index (χ1v) is 4.66. The van der Waals surface area contributed by atoms with Crippen molar-refractivity contribution in [2.45, 2.75) is 13.1 Å². The molecule has 0 aromatic carbocycles. The Morgan fingerprint density at radius 1 is 1.56 bits per heavy atom. The quantitative estimate of drug-likeness (QED) is 0.474. The standard InChI is InChI=1S/C9H7F3N2O4/c1-2-18-8(15)6-5(14(16)17)3-4-13-7(6)9(10,11)12/h3-4H,2H2,1H3. The number of esters is 1. The van der Waals surface area contributed by atoms with Crippen LogP contribution in [0.4, 0.5) is 18.9 Å². The van der Waals surface area contributed by atoms with Crippen molar-refractivity contribution in [1.29, 1.82) is 0 Å². The minimum Gasteiger partial charge on any atom is -0.462 e. The van der Waals surface area contributed by atoms with E-state index < -0.39 is 34.0 Å². The van der Waals surface area contributed by atoms with Crippen LogP contribution in [-0.4, -0.2) is 22.5 Å². The Bertz CT molecular complexity index is 487. The van der Waals surface area contributed by atoms with Crippen molar-refractivity contribution >= 4 is 11.7 Å². The first kappa shape index (κ1) is 13.9. The van der Waals surface area contributed by atoms with Crippen molar-refractivity contribution in [3.8, 4) is 0 Å². The van der Waals surface area contributed by atoms with E-state index in [0.717, 1.165) is 0 Å². The third-order valence-electron chi connectivity index (χ3n) is 1.87. The summed E-state index contributed by atoms with van der Waals surface area (Å²) in [5.74, 6) is -1.43. The number of nitro groups is 1. The van der Waals surface area contributed by atoms with Gasteiger partial charge in [-0.2, -0.15) is 13.2 Å². The Labute approximate surface area is 98.5 Å². The van der Waals surface area contributed by atoms with Gasteiger partial charge in [-0.1, -0.05) is 0 Å². The number of pyridine rings is 1. The first-order chi connectivity index (χ1) is 8.29. The fraction of sp³-hybridized carbons (Fsp3) is 0.333. The Morgan fingerprint density at radius 3 is 2.61 bits per heavy atom. The lowest BCUT2D eigenvalue weighted by atomic mass is 10.1. The van der Waals surface area contributed by atoms with Crippen molar-refractivity contribution < 1.29 is 27.6 Å². The molecule has 1 rings (SSSR count). The lowest BCUT2D eigenvalue weighted by molar-refractivity contribution is -0.385. The van der Waals surface area contributed by atoms with E-state index in [2.05, 4.69) is 9.72 Å². The lowest BCUT2D eigenvalue weighted by Gasteiger charge is -2.10. The Kier molecular flexibility index (Phi) is 3.84. The van der Waals surface area contributed by atoms with E-state index in [9.17, 15) is 28.1 Å². The van der Waals surface area contributed by atoms with Crippen LogP contribution in [0.15, 0.2) is 12.3 Å². The molecular formula is C9H7F3N2O4. The van der Waals surface area contributed by atoms with Crippen LogP contribution in [0, 0.1) is 10.1 Å². The molecule has 0 aliphatic carbocycles. The van der Waals surface area contributed by atoms with Crippen LogP contribution in [0.2, 0.25) is 0 Å². The minimum absolute atomic E-state index is 0.206. The average Bonchev–Trinajstić information content (AvgIpc) is 2.27. The van der Waals surface area contributed by atoms with Crippen molar-refractivity contribution in [1.82, 2.24) is 4.98 Å². The fourth-order valence-electron chi connectivity index (χ4n) is 1.22. The van der Waals surface area contributed by atoms with Crippen LogP contribution in [0.5, 0.6) is 0 Å². The van der Waals surface area contributed by atoms with Crippen molar-refractivity contribution in [2.75, 3.05) is 6.61 Å². The third-order valence-corrected chi connectivity index (χ3v) is 1.87. The zero-order valence-corrected chi connectivity index (χ0v) is 9.02. The van der Waals surface area contributed by atoms with Crippen LogP contribution >= 0.6 is 0 Å². The molecule has 0 N–H and O–H groups in total. The van der Waals surface area contributed by atoms with Gasteiger partial charge in [0.05, 0.1) is 11.5 Å². The van der Waals surface area contributed by atoms with Gasteiger partial charge in [0.1, 0.15) is 0 Å². The van der Waals surface area contributed by atoms with Gasteiger partial charge in [0.25, 0.3) is 5.69 Å². The highest BCUT2D eigenvalue weighted by atomic mass is 19.4. The topological polar surface area (TPSA) is 82.3 Å². The van der Waals surface area contributed by atoms with Crippen LogP contribution in [0.25, 0.3) is 0 Å². The molecule has 0 amide bonds. The molecule has 0 spiro atoms. The summed E-state index contributed by atoms with van der Waals surface area (Å²) in [7, 11) is 0. The molecule has 0 fully saturated rings. The Hall–Kier alpha value is -2.19. The highest BCUT2D eigenvalue weighted by molar-refractivity contribution is 5.95. The maximum atomic E-state index is 12.6. The smallest absolute Gasteiger partial charge is 0.434 e. The molecule has 98 valence electrons. The Balaban J connectivity index is 3.49. The first-order valence-electron chi connectivity index (χ1n) is 4.66. The molecule has 0 bridgehead atoms. The van der Waals surface area contributed by atoms with Crippen molar-refractivity contribution in [2.24, 2.45) is 0 Å². The fourth-order valence-corrected chi connectivity index (χ4v) is 1.22. The summed E-state index contributed by atoms with van der Waals surface area (Å²) in [6.45, 7) is 1.16. The molecule has 0 unspecified atom stereocenters. The van der Waals surface area contributed by atoms with E-state index in [1.165, 1.54) is 6.92 Å². The highest BCUT2D eigenvalue weighted by Crippen LogP contribution is 2.34. The molecule has 18 heavy (non-hydrogen) atoms. The number of hydrogen-bond donors (Lipinski definition) is 0. The molecule has 0 atom stereocenters. The largest absolute Gasteiger partial charge is 0.462 e. The summed E-state index contributed by atoms with van der Waals surface area (Å²) >= 11 is 0. The molecule has 0 radical (unpaired) electrons. The zero-order chi connectivity index (χ0) is 13.9. The zero-order valence-electron chi connectivity index (χ0n) is 9.02. The van der Waals surface area contributed by atoms with Gasteiger partial charge < -0.3 is 4.74 Å². The molecule has 0 aliphatic rings. The monoisotopic (exact) mass is 264 g/mol. The van der Waals surface area contributed by atoms with E-state index in [1.54, 1.807) is 0 Å². The third kappa shape index (κ3) is 2.73. The molecule has 0 saturated carbocycles. The average molecular weight is 264 g/mol. The van der Waals surface area contributed by atoms with Crippen LogP contribution in [0.3, 0.4) is 0 Å². The predicted molar refractivity (Wildman–Crippen MR) is 51.8 cm³/mol. The number of carbonyl (C=O) groups is 1. The van der Waals surface area contributed by atoms with Crippen LogP contribution in [0.1, 0.15) is 23.0 Å². The number of rotatable bonds is 3. The molecule has 9 heteroatoms. The molecule has 1 aromatic rings. The predicted octanol–water partition coefficient (Wildman–Crippen LogP) is 2.19. The van der Waals surface area contributed by atoms with Crippen LogP contribution in [-0.2, 0) is 10.9 Å². The van der Waals surface area contributed by atoms with Gasteiger partial charge in [0.2, 0.25) is 0 Å². The summed E-state index contributed by atoms with van der Waals surface area (Å²) in [6, 6.07) is 0.710. The maximum Gasteiger partial charge on any atom is 0.434 e. The summed E-state index contributed by atoms with van der Waals surface area (Å²) in [4.78, 5) is 23.9. The SMILES string of the molecule is CCOC(=O)c1c([N+](=O)[O-])ccnc1C(F)(F)F. The second kappa shape index (κ2) is 4.98. The van der Waals surface area contributed by atoms with Gasteiger partial charge in [-0.15, -0.1) is 0 Å². The molecule has 1 aromatic heterocycles. The number of alkyl halides is 3. The molecule has 0 aliphatic heterocycles. The van der Waals surface area contributed by atoms with E-state index in [1.807, 2.05) is 0 Å². The molecule has 1 heterocycles. The van der Waals surface area contributed by atoms with E-state index in [-0.39, 0.29) is 6.61 Å². The van der Waals surface area contributed by atoms with Gasteiger partial charge >= 0.3 is 12.1 Å². The van der Waals surface area contributed by atoms with Crippen molar-refractivity contribution in [3.05, 3.63) is 33.6 Å². The number of halogens is 3. The summed E-state index contributed by atoms with van der Waals surface area (Å²) in [5.41, 5.74) is -3.80. The lowest BCUT2D eigenvalue weighted by Crippen LogP contribution is -2.19. The number of hydrogen-bond acceptors (Lipinski definition) is 5. The molecule has 6 nitrogen and oxygen atoms in total. The number of aromatic nitrogens is 1. The Morgan fingerprint density at radius 2 is 2.17 bits per heavy atom. The second-order valence-corrected chi connectivity index (χ2v) is 3.03. The normalized spacial score (nSPS) is 11.1. The van der Waals surface area contributed by atoms with Gasteiger partial charge in [-0.05, 0) is 6.92 Å². The van der Waals surface area contributed by atoms with Crippen molar-refractivity contribution in [3.63, 3.8) is 0 Å². The van der Waals surface area contributed by atoms with E-state index >= 15 is 0 Å². The second-order valence-electron chi connectivity index (χ2n) is 3.03. The number of ether oxygens (including phenoxy) is 1. The van der Waals surface area contributed by atoms with Gasteiger partial charge in [-0.25, -0.2) is 4.79 Å². The van der Waals surface area contributed by atoms with Crippen LogP contribution < -0.4 is 0 Å². The summed E-state index contributed by atoms with van der Waals surface area (Å²) in [6.07, 6.45) is -4.36. The van der Waals surface area contributed by atoms with Gasteiger partial charge in [-0.3, -0.25) is 15.1 Å². The minimum atomic E-state index is -4.98. The molecule has 0 saturated heterocycles. The van der Waals surface area contributed by atoms with Gasteiger partial charge in [0.15, 0.2) is 11.3 Å². The number of carbonyl (C=O) groups excluding carboxylic acids is 1. The summed E-state index contributed by atoms with van der Waals surface area (Å²) < 4.78 is 42.2. The number of nitrogens with zero attached hydrogens (tertiary/aromatic N) is 2.